The van der Waals surface area contributed by atoms with Crippen molar-refractivity contribution in [2.45, 2.75) is 101 Å². The molecule has 0 radical (unpaired) electrons. The maximum atomic E-state index is 15.1. The number of nitrogens with two attached hydrogens (primary N) is 1. The molecule has 2 N–H and O–H groups in total. The Morgan fingerprint density at radius 1 is 1.11 bits per heavy atom. The number of hydrogen-bond acceptors (Lipinski definition) is 9. The summed E-state index contributed by atoms with van der Waals surface area (Å²) < 4.78 is 109. The van der Waals surface area contributed by atoms with Gasteiger partial charge >= 0.3 is 12.2 Å². The van der Waals surface area contributed by atoms with Crippen LogP contribution in [0, 0.1) is 11.2 Å². The molecule has 5 aliphatic heterocycles. The van der Waals surface area contributed by atoms with Gasteiger partial charge in [-0.25, -0.2) is 17.6 Å². The quantitative estimate of drug-likeness (QED) is 0.226. The molecule has 3 saturated heterocycles. The van der Waals surface area contributed by atoms with Crippen molar-refractivity contribution in [1.29, 1.82) is 0 Å². The van der Waals surface area contributed by atoms with Crippen molar-refractivity contribution < 1.29 is 45.0 Å². The Hall–Kier alpha value is -3.90. The van der Waals surface area contributed by atoms with E-state index in [1.54, 1.807) is 4.68 Å². The highest BCUT2D eigenvalue weighted by Crippen LogP contribution is 2.56. The number of anilines is 2. The Labute approximate surface area is 323 Å². The molecule has 1 amide bonds. The molecular weight excluding hydrogens is 773 g/mol. The number of aryl methyl sites for hydroxylation is 1. The summed E-state index contributed by atoms with van der Waals surface area (Å²) in [5.74, 6) is -3.93. The average molecular weight is 815 g/mol. The van der Waals surface area contributed by atoms with E-state index >= 15 is 4.39 Å². The standard InChI is InChI=1S/C30H30ClF6N7O3.C7H12FN/c1-46-27-39-18-9-20(21-16(30(35,36)37)3-4-17(38)23(21)32)47-11-15(18)25(40-27)42-6-2-7-44-19(10-42)22(31)24(41-44)26(45)43-8-5-28(14-43)12-29(33,34)13-28;8-6-4-7-2-1-3-9(7)5-6/h3-4,20H,2,5-14,38H2,1H3;6-7H,1-5H2. The van der Waals surface area contributed by atoms with Crippen LogP contribution in [-0.2, 0) is 37.0 Å². The van der Waals surface area contributed by atoms with Crippen LogP contribution in [0.1, 0.15) is 89.6 Å². The molecule has 4 fully saturated rings. The fraction of sp³-hybridized carbons (Fsp3) is 0.622. The molecule has 1 aromatic carbocycles. The van der Waals surface area contributed by atoms with Crippen LogP contribution in [0.15, 0.2) is 12.1 Å². The van der Waals surface area contributed by atoms with Crippen LogP contribution in [0.25, 0.3) is 0 Å². The molecule has 1 aliphatic carbocycles. The third kappa shape index (κ3) is 7.25. The second kappa shape index (κ2) is 14.5. The van der Waals surface area contributed by atoms with E-state index in [1.165, 1.54) is 24.9 Å². The fourth-order valence-electron chi connectivity index (χ4n) is 9.36. The molecule has 3 atom stereocenters. The molecule has 304 valence electrons. The summed E-state index contributed by atoms with van der Waals surface area (Å²) in [6.07, 6.45) is -2.99. The zero-order valence-electron chi connectivity index (χ0n) is 30.7. The van der Waals surface area contributed by atoms with Crippen LogP contribution in [0.3, 0.4) is 0 Å². The molecule has 2 aromatic heterocycles. The third-order valence-electron chi connectivity index (χ3n) is 12.0. The molecule has 0 bridgehead atoms. The Kier molecular flexibility index (Phi) is 10.1. The van der Waals surface area contributed by atoms with E-state index in [0.717, 1.165) is 25.1 Å². The Balaban J connectivity index is 0.000000427. The number of methoxy groups -OCH3 is 1. The topological polar surface area (TPSA) is 115 Å². The minimum Gasteiger partial charge on any atom is -0.467 e. The first kappa shape index (κ1) is 38.9. The zero-order valence-corrected chi connectivity index (χ0v) is 31.4. The molecular formula is C37H42ClF7N8O3. The van der Waals surface area contributed by atoms with Crippen LogP contribution in [0.4, 0.5) is 42.2 Å². The fourth-order valence-corrected chi connectivity index (χ4v) is 9.63. The lowest BCUT2D eigenvalue weighted by Crippen LogP contribution is -2.48. The van der Waals surface area contributed by atoms with Gasteiger partial charge in [0.15, 0.2) is 11.5 Å². The summed E-state index contributed by atoms with van der Waals surface area (Å²) in [5, 5.41) is 4.65. The molecule has 7 heterocycles. The van der Waals surface area contributed by atoms with Crippen LogP contribution < -0.4 is 15.4 Å². The predicted octanol–water partition coefficient (Wildman–Crippen LogP) is 6.75. The highest BCUT2D eigenvalue weighted by molar-refractivity contribution is 6.34. The van der Waals surface area contributed by atoms with Gasteiger partial charge in [0.2, 0.25) is 5.92 Å². The zero-order chi connectivity index (χ0) is 39.7. The van der Waals surface area contributed by atoms with Crippen molar-refractivity contribution in [2.24, 2.45) is 5.41 Å². The second-order valence-corrected chi connectivity index (χ2v) is 16.2. The monoisotopic (exact) mass is 814 g/mol. The highest BCUT2D eigenvalue weighted by Gasteiger charge is 2.59. The number of carbonyl (C=O) groups is 1. The van der Waals surface area contributed by atoms with Crippen LogP contribution in [0.2, 0.25) is 5.02 Å². The van der Waals surface area contributed by atoms with Crippen LogP contribution in [0.5, 0.6) is 6.01 Å². The number of nitrogen functional groups attached to an aromatic ring is 1. The molecule has 3 unspecified atom stereocenters. The number of ether oxygens (including phenoxy) is 2. The van der Waals surface area contributed by atoms with E-state index in [1.807, 2.05) is 4.90 Å². The summed E-state index contributed by atoms with van der Waals surface area (Å²) in [4.78, 5) is 28.1. The van der Waals surface area contributed by atoms with Gasteiger partial charge in [-0.1, -0.05) is 11.6 Å². The Morgan fingerprint density at radius 2 is 1.89 bits per heavy atom. The minimum absolute atomic E-state index is 0.0461. The van der Waals surface area contributed by atoms with Gasteiger partial charge in [-0.3, -0.25) is 14.4 Å². The van der Waals surface area contributed by atoms with Gasteiger partial charge < -0.3 is 25.0 Å². The van der Waals surface area contributed by atoms with Crippen molar-refractivity contribution >= 4 is 29.0 Å². The minimum atomic E-state index is -4.85. The van der Waals surface area contributed by atoms with E-state index in [0.29, 0.717) is 67.8 Å². The number of nitrogens with zero attached hydrogens (tertiary/aromatic N) is 7. The molecule has 11 nitrogen and oxygen atoms in total. The van der Waals surface area contributed by atoms with Crippen LogP contribution in [-0.4, -0.2) is 93.4 Å². The number of benzene rings is 1. The van der Waals surface area contributed by atoms with Gasteiger partial charge in [0.25, 0.3) is 5.91 Å². The summed E-state index contributed by atoms with van der Waals surface area (Å²) in [6.45, 7) is 3.25. The molecule has 1 saturated carbocycles. The van der Waals surface area contributed by atoms with E-state index in [2.05, 4.69) is 20.0 Å². The average Bonchev–Trinajstić information content (AvgIpc) is 3.88. The van der Waals surface area contributed by atoms with Gasteiger partial charge in [0.1, 0.15) is 12.0 Å². The number of fused-ring (bicyclic) bond motifs is 3. The maximum Gasteiger partial charge on any atom is 0.416 e. The molecule has 56 heavy (non-hydrogen) atoms. The number of amides is 1. The molecule has 9 rings (SSSR count). The summed E-state index contributed by atoms with van der Waals surface area (Å²) in [5.41, 5.74) is 4.14. The largest absolute Gasteiger partial charge is 0.467 e. The van der Waals surface area contributed by atoms with Gasteiger partial charge in [-0.2, -0.15) is 28.2 Å². The first-order valence-electron chi connectivity index (χ1n) is 18.8. The SMILES string of the molecule is COc1nc2c(c(N3CCCn4nc(C(=O)N5CCC6(C5)CC(F)(F)C6)c(Cl)c4C3)n1)COC(c1c(C(F)(F)F)ccc(N)c1F)C2.FC1CC2CCCN2C1. The van der Waals surface area contributed by atoms with Crippen molar-refractivity contribution in [3.05, 3.63) is 56.7 Å². The molecule has 1 spiro atoms. The normalized spacial score (nSPS) is 25.2. The van der Waals surface area contributed by atoms with Gasteiger partial charge in [-0.15, -0.1) is 0 Å². The van der Waals surface area contributed by atoms with Crippen molar-refractivity contribution in [2.75, 3.05) is 50.5 Å². The Bertz CT molecular complexity index is 1990. The smallest absolute Gasteiger partial charge is 0.416 e. The number of carbonyl (C=O) groups excluding carboxylic acids is 1. The summed E-state index contributed by atoms with van der Waals surface area (Å²) in [6, 6.07) is 2.16. The number of rotatable bonds is 4. The van der Waals surface area contributed by atoms with Crippen LogP contribution >= 0.6 is 11.6 Å². The first-order valence-corrected chi connectivity index (χ1v) is 19.2. The lowest BCUT2D eigenvalue weighted by molar-refractivity contribution is -0.154. The number of aromatic nitrogens is 4. The number of alkyl halides is 6. The number of halogens is 8. The van der Waals surface area contributed by atoms with Gasteiger partial charge in [-0.05, 0) is 50.8 Å². The highest BCUT2D eigenvalue weighted by atomic mass is 35.5. The van der Waals surface area contributed by atoms with E-state index < -0.39 is 58.3 Å². The number of hydrogen-bond donors (Lipinski definition) is 1. The summed E-state index contributed by atoms with van der Waals surface area (Å²) >= 11 is 6.78. The third-order valence-corrected chi connectivity index (χ3v) is 12.4. The maximum absolute atomic E-state index is 15.1. The van der Waals surface area contributed by atoms with E-state index in [9.17, 15) is 31.1 Å². The van der Waals surface area contributed by atoms with E-state index in [-0.39, 0.29) is 55.7 Å². The summed E-state index contributed by atoms with van der Waals surface area (Å²) in [7, 11) is 1.35. The van der Waals surface area contributed by atoms with Gasteiger partial charge in [0.05, 0.1) is 54.0 Å². The lowest BCUT2D eigenvalue weighted by atomic mass is 9.65. The second-order valence-electron chi connectivity index (χ2n) is 15.8. The van der Waals surface area contributed by atoms with Gasteiger partial charge in [0, 0.05) is 74.6 Å². The van der Waals surface area contributed by atoms with Crippen molar-refractivity contribution in [1.82, 2.24) is 29.5 Å². The van der Waals surface area contributed by atoms with Crippen molar-refractivity contribution in [3.63, 3.8) is 0 Å². The predicted molar refractivity (Wildman–Crippen MR) is 190 cm³/mol. The lowest BCUT2D eigenvalue weighted by Gasteiger charge is -2.44. The molecule has 3 aromatic rings. The van der Waals surface area contributed by atoms with E-state index in [4.69, 9.17) is 26.8 Å². The molecule has 19 heteroatoms. The number of likely N-dealkylation sites (tertiary alicyclic amines) is 1. The first-order chi connectivity index (χ1) is 26.5. The Morgan fingerprint density at radius 3 is 2.61 bits per heavy atom. The molecule has 6 aliphatic rings. The van der Waals surface area contributed by atoms with Crippen molar-refractivity contribution in [3.8, 4) is 6.01 Å².